The van der Waals surface area contributed by atoms with Crippen molar-refractivity contribution in [3.8, 4) is 0 Å². The molecule has 0 amide bonds. The molecular formula is C9H6F3NS3. The third kappa shape index (κ3) is 3.11. The average Bonchev–Trinajstić information content (AvgIpc) is 2.12. The summed E-state index contributed by atoms with van der Waals surface area (Å²) in [6.45, 7) is 0. The van der Waals surface area contributed by atoms with Crippen molar-refractivity contribution < 1.29 is 13.2 Å². The van der Waals surface area contributed by atoms with Crippen LogP contribution in [-0.2, 0) is 0 Å². The van der Waals surface area contributed by atoms with Crippen LogP contribution in [0.1, 0.15) is 10.1 Å². The number of nitrogens with one attached hydrogen (secondary N) is 1. The molecule has 7 heteroatoms. The van der Waals surface area contributed by atoms with Crippen LogP contribution in [0, 0.1) is 5.41 Å². The molecule has 2 rings (SSSR count). The van der Waals surface area contributed by atoms with Crippen molar-refractivity contribution in [3.05, 3.63) is 29.8 Å². The molecule has 0 aromatic heterocycles. The molecule has 1 heterocycles. The number of alkyl halides is 3. The number of benzene rings is 1. The van der Waals surface area contributed by atoms with Crippen LogP contribution in [0.5, 0.6) is 0 Å². The van der Waals surface area contributed by atoms with Gasteiger partial charge < -0.3 is 0 Å². The lowest BCUT2D eigenvalue weighted by Gasteiger charge is -2.25. The van der Waals surface area contributed by atoms with Crippen molar-refractivity contribution in [2.45, 2.75) is 15.0 Å². The molecule has 1 N–H and O–H groups in total. The lowest BCUT2D eigenvalue weighted by Crippen LogP contribution is -2.05. The van der Waals surface area contributed by atoms with Crippen LogP contribution in [0.2, 0.25) is 0 Å². The Morgan fingerprint density at radius 1 is 1.12 bits per heavy atom. The molecule has 1 aromatic carbocycles. The first-order valence-corrected chi connectivity index (χ1v) is 6.79. The van der Waals surface area contributed by atoms with Gasteiger partial charge in [0.05, 0.1) is 4.58 Å². The Kier molecular flexibility index (Phi) is 3.46. The third-order valence-corrected chi connectivity index (χ3v) is 5.11. The van der Waals surface area contributed by atoms with Crippen molar-refractivity contribution in [2.24, 2.45) is 0 Å². The van der Waals surface area contributed by atoms with Crippen LogP contribution in [0.15, 0.2) is 29.2 Å². The summed E-state index contributed by atoms with van der Waals surface area (Å²) in [6, 6.07) is 6.31. The fraction of sp³-hybridized carbons (Fsp3) is 0.222. The summed E-state index contributed by atoms with van der Waals surface area (Å²) in [4.78, 5) is 0.195. The van der Waals surface area contributed by atoms with Gasteiger partial charge in [-0.3, -0.25) is 5.41 Å². The second-order valence-electron chi connectivity index (χ2n) is 2.97. The van der Waals surface area contributed by atoms with E-state index in [0.717, 1.165) is 5.56 Å². The van der Waals surface area contributed by atoms with E-state index in [1.165, 1.54) is 35.7 Å². The van der Waals surface area contributed by atoms with Gasteiger partial charge in [0.25, 0.3) is 0 Å². The summed E-state index contributed by atoms with van der Waals surface area (Å²) in [7, 11) is 0. The van der Waals surface area contributed by atoms with Crippen LogP contribution in [0.4, 0.5) is 13.2 Å². The topological polar surface area (TPSA) is 23.9 Å². The summed E-state index contributed by atoms with van der Waals surface area (Å²) in [5, 5.41) is 7.24. The van der Waals surface area contributed by atoms with Gasteiger partial charge in [-0.2, -0.15) is 13.2 Å². The van der Waals surface area contributed by atoms with Crippen molar-refractivity contribution >= 4 is 39.7 Å². The highest BCUT2D eigenvalue weighted by Crippen LogP contribution is 2.53. The maximum atomic E-state index is 12.1. The Labute approximate surface area is 103 Å². The van der Waals surface area contributed by atoms with Gasteiger partial charge in [-0.15, -0.1) is 0 Å². The minimum atomic E-state index is -4.23. The summed E-state index contributed by atoms with van der Waals surface area (Å²) in [5.74, 6) is 0. The van der Waals surface area contributed by atoms with Gasteiger partial charge in [0.2, 0.25) is 0 Å². The van der Waals surface area contributed by atoms with E-state index >= 15 is 0 Å². The zero-order chi connectivity index (χ0) is 11.8. The largest absolute Gasteiger partial charge is 0.446 e. The average molecular weight is 281 g/mol. The lowest BCUT2D eigenvalue weighted by atomic mass is 10.2. The Morgan fingerprint density at radius 2 is 1.69 bits per heavy atom. The molecule has 0 spiro atoms. The van der Waals surface area contributed by atoms with E-state index in [0.29, 0.717) is 4.38 Å². The molecule has 0 bridgehead atoms. The highest BCUT2D eigenvalue weighted by molar-refractivity contribution is 8.52. The molecule has 0 aliphatic carbocycles. The van der Waals surface area contributed by atoms with Crippen molar-refractivity contribution in [1.29, 1.82) is 5.41 Å². The van der Waals surface area contributed by atoms with Gasteiger partial charge in [0, 0.05) is 4.90 Å². The van der Waals surface area contributed by atoms with Gasteiger partial charge in [0.15, 0.2) is 0 Å². The predicted molar refractivity (Wildman–Crippen MR) is 64.0 cm³/mol. The van der Waals surface area contributed by atoms with Crippen LogP contribution < -0.4 is 0 Å². The Morgan fingerprint density at radius 3 is 2.12 bits per heavy atom. The van der Waals surface area contributed by atoms with Crippen molar-refractivity contribution in [2.75, 3.05) is 0 Å². The van der Waals surface area contributed by atoms with E-state index in [-0.39, 0.29) is 21.2 Å². The molecule has 86 valence electrons. The Bertz CT molecular complexity index is 393. The van der Waals surface area contributed by atoms with E-state index in [2.05, 4.69) is 0 Å². The maximum absolute atomic E-state index is 12.1. The molecule has 1 aliphatic heterocycles. The molecule has 1 saturated heterocycles. The first-order valence-electron chi connectivity index (χ1n) is 4.21. The molecule has 16 heavy (non-hydrogen) atoms. The molecule has 0 unspecified atom stereocenters. The monoisotopic (exact) mass is 281 g/mol. The third-order valence-electron chi connectivity index (χ3n) is 1.81. The number of hydrogen-bond donors (Lipinski definition) is 1. The molecular weight excluding hydrogens is 275 g/mol. The SMILES string of the molecule is N=C1SC(c2ccc(SC(F)(F)F)cc2)S1. The molecule has 1 fully saturated rings. The van der Waals surface area contributed by atoms with Crippen LogP contribution in [0.25, 0.3) is 0 Å². The van der Waals surface area contributed by atoms with Crippen molar-refractivity contribution in [3.63, 3.8) is 0 Å². The van der Waals surface area contributed by atoms with Crippen molar-refractivity contribution in [1.82, 2.24) is 0 Å². The number of hydrogen-bond acceptors (Lipinski definition) is 4. The van der Waals surface area contributed by atoms with Crippen LogP contribution >= 0.6 is 35.3 Å². The Balaban J connectivity index is 2.02. The van der Waals surface area contributed by atoms with E-state index in [4.69, 9.17) is 5.41 Å². The first-order chi connectivity index (χ1) is 7.44. The van der Waals surface area contributed by atoms with E-state index < -0.39 is 5.51 Å². The van der Waals surface area contributed by atoms with Gasteiger partial charge in [0.1, 0.15) is 4.38 Å². The van der Waals surface area contributed by atoms with Gasteiger partial charge in [-0.1, -0.05) is 35.7 Å². The van der Waals surface area contributed by atoms with E-state index in [1.54, 1.807) is 12.1 Å². The summed E-state index contributed by atoms with van der Waals surface area (Å²) < 4.78 is 36.9. The number of halogens is 3. The summed E-state index contributed by atoms with van der Waals surface area (Å²) in [6.07, 6.45) is 0. The molecule has 0 atom stereocenters. The zero-order valence-corrected chi connectivity index (χ0v) is 10.2. The molecule has 1 nitrogen and oxygen atoms in total. The second-order valence-corrected chi connectivity index (χ2v) is 6.90. The highest BCUT2D eigenvalue weighted by Gasteiger charge is 2.30. The maximum Gasteiger partial charge on any atom is 0.446 e. The molecule has 0 radical (unpaired) electrons. The molecule has 1 aliphatic rings. The smallest absolute Gasteiger partial charge is 0.288 e. The van der Waals surface area contributed by atoms with Crippen LogP contribution in [0.3, 0.4) is 0 Å². The van der Waals surface area contributed by atoms with E-state index in [9.17, 15) is 13.2 Å². The van der Waals surface area contributed by atoms with Gasteiger partial charge in [-0.05, 0) is 29.5 Å². The zero-order valence-electron chi connectivity index (χ0n) is 7.75. The number of rotatable bonds is 2. The highest BCUT2D eigenvalue weighted by atomic mass is 32.3. The summed E-state index contributed by atoms with van der Waals surface area (Å²) >= 11 is 2.73. The fourth-order valence-electron chi connectivity index (χ4n) is 1.17. The molecule has 1 aromatic rings. The fourth-order valence-corrected chi connectivity index (χ4v) is 3.56. The molecule has 0 saturated carbocycles. The Hall–Kier alpha value is -0.270. The second kappa shape index (κ2) is 4.54. The normalized spacial score (nSPS) is 20.7. The van der Waals surface area contributed by atoms with Crippen LogP contribution in [-0.4, -0.2) is 9.88 Å². The predicted octanol–water partition coefficient (Wildman–Crippen LogP) is 4.71. The first kappa shape index (κ1) is 12.2. The summed E-state index contributed by atoms with van der Waals surface area (Å²) in [5.41, 5.74) is -3.28. The minimum absolute atomic E-state index is 0.109. The number of thioether (sulfide) groups is 3. The van der Waals surface area contributed by atoms with E-state index in [1.807, 2.05) is 0 Å². The lowest BCUT2D eigenvalue weighted by molar-refractivity contribution is -0.0328. The standard InChI is InChI=1S/C9H6F3NS3/c10-9(11,12)16-6-3-1-5(2-4-6)7-14-8(13)15-7/h1-4,7,13H. The van der Waals surface area contributed by atoms with Gasteiger partial charge in [-0.25, -0.2) is 0 Å². The minimum Gasteiger partial charge on any atom is -0.288 e. The van der Waals surface area contributed by atoms with Gasteiger partial charge >= 0.3 is 5.51 Å². The quantitative estimate of drug-likeness (QED) is 0.794.